The summed E-state index contributed by atoms with van der Waals surface area (Å²) in [4.78, 5) is 12.0. The summed E-state index contributed by atoms with van der Waals surface area (Å²) >= 11 is 0. The Kier molecular flexibility index (Phi) is 4.88. The third-order valence-corrected chi connectivity index (χ3v) is 5.45. The molecule has 0 unspecified atom stereocenters. The number of rotatable bonds is 5. The van der Waals surface area contributed by atoms with E-state index in [1.54, 1.807) is 7.11 Å². The Morgan fingerprint density at radius 3 is 2.48 bits per heavy atom. The van der Waals surface area contributed by atoms with Crippen LogP contribution in [0.1, 0.15) is 75.8 Å². The first-order valence-electron chi connectivity index (χ1n) is 9.97. The number of anilines is 1. The molecule has 146 valence electrons. The van der Waals surface area contributed by atoms with Gasteiger partial charge in [-0.05, 0) is 25.7 Å². The summed E-state index contributed by atoms with van der Waals surface area (Å²) in [6, 6.07) is 2.71. The van der Waals surface area contributed by atoms with Gasteiger partial charge in [0.05, 0.1) is 12.3 Å². The average molecular weight is 371 g/mol. The van der Waals surface area contributed by atoms with Gasteiger partial charge < -0.3 is 14.2 Å². The first-order valence-corrected chi connectivity index (χ1v) is 9.97. The molecule has 0 radical (unpaired) electrons. The number of methoxy groups -OCH3 is 1. The second-order valence-corrected chi connectivity index (χ2v) is 8.81. The molecule has 1 aliphatic heterocycles. The van der Waals surface area contributed by atoms with E-state index in [0.29, 0.717) is 18.6 Å². The molecule has 27 heavy (non-hydrogen) atoms. The predicted octanol–water partition coefficient (Wildman–Crippen LogP) is 3.23. The summed E-state index contributed by atoms with van der Waals surface area (Å²) in [6.07, 6.45) is 6.61. The zero-order valence-corrected chi connectivity index (χ0v) is 16.9. The number of hydrogen-bond donors (Lipinski definition) is 0. The van der Waals surface area contributed by atoms with Gasteiger partial charge in [0.25, 0.3) is 0 Å². The van der Waals surface area contributed by atoms with Gasteiger partial charge in [0.15, 0.2) is 0 Å². The first kappa shape index (κ1) is 18.3. The van der Waals surface area contributed by atoms with Crippen molar-refractivity contribution in [3.63, 3.8) is 0 Å². The monoisotopic (exact) mass is 370 g/mol. The van der Waals surface area contributed by atoms with E-state index in [1.807, 2.05) is 6.33 Å². The quantitative estimate of drug-likeness (QED) is 0.805. The normalized spacial score (nSPS) is 18.9. The summed E-state index contributed by atoms with van der Waals surface area (Å²) in [5.41, 5.74) is 0.861. The van der Waals surface area contributed by atoms with E-state index in [2.05, 4.69) is 46.5 Å². The second-order valence-electron chi connectivity index (χ2n) is 8.81. The molecule has 4 rings (SSSR count). The van der Waals surface area contributed by atoms with Crippen molar-refractivity contribution in [1.82, 2.24) is 24.7 Å². The number of hydrogen-bond acceptors (Lipinski definition) is 6. The fourth-order valence-electron chi connectivity index (χ4n) is 3.75. The minimum Gasteiger partial charge on any atom is -0.378 e. The van der Waals surface area contributed by atoms with Gasteiger partial charge in [0.1, 0.15) is 23.8 Å². The summed E-state index contributed by atoms with van der Waals surface area (Å²) in [6.45, 7) is 8.93. The number of piperidine rings is 1. The van der Waals surface area contributed by atoms with E-state index >= 15 is 0 Å². The van der Waals surface area contributed by atoms with Crippen molar-refractivity contribution >= 4 is 5.82 Å². The molecule has 3 heterocycles. The van der Waals surface area contributed by atoms with Gasteiger partial charge in [0.2, 0.25) is 0 Å². The van der Waals surface area contributed by atoms with Crippen LogP contribution in [0.2, 0.25) is 0 Å². The van der Waals surface area contributed by atoms with Crippen molar-refractivity contribution in [1.29, 1.82) is 0 Å². The van der Waals surface area contributed by atoms with E-state index in [0.717, 1.165) is 43.3 Å². The van der Waals surface area contributed by atoms with Crippen molar-refractivity contribution in [3.05, 3.63) is 29.7 Å². The van der Waals surface area contributed by atoms with Crippen LogP contribution in [0.4, 0.5) is 5.82 Å². The summed E-state index contributed by atoms with van der Waals surface area (Å²) in [7, 11) is 1.71. The predicted molar refractivity (Wildman–Crippen MR) is 104 cm³/mol. The standard InChI is InChI=1S/C20H30N6O/c1-20(2,3)19-22-15(12-27-4)11-17(23-19)25-9-7-14(8-10-25)18-24-21-13-26(18)16-5-6-16/h11,13-14,16H,5-10,12H2,1-4H3. The van der Waals surface area contributed by atoms with Crippen LogP contribution < -0.4 is 4.90 Å². The Labute approximate surface area is 161 Å². The van der Waals surface area contributed by atoms with Gasteiger partial charge in [-0.25, -0.2) is 9.97 Å². The lowest BCUT2D eigenvalue weighted by Gasteiger charge is -2.33. The maximum absolute atomic E-state index is 5.32. The van der Waals surface area contributed by atoms with Gasteiger partial charge in [-0.3, -0.25) is 0 Å². The lowest BCUT2D eigenvalue weighted by molar-refractivity contribution is 0.181. The van der Waals surface area contributed by atoms with Gasteiger partial charge in [-0.2, -0.15) is 0 Å². The maximum Gasteiger partial charge on any atom is 0.136 e. The van der Waals surface area contributed by atoms with E-state index in [9.17, 15) is 0 Å². The topological polar surface area (TPSA) is 69.0 Å². The minimum atomic E-state index is -0.0858. The highest BCUT2D eigenvalue weighted by molar-refractivity contribution is 5.41. The lowest BCUT2D eigenvalue weighted by Crippen LogP contribution is -2.35. The number of aromatic nitrogens is 5. The van der Waals surface area contributed by atoms with E-state index in [4.69, 9.17) is 14.7 Å². The van der Waals surface area contributed by atoms with Crippen molar-refractivity contribution < 1.29 is 4.74 Å². The largest absolute Gasteiger partial charge is 0.378 e. The molecule has 2 aromatic rings. The molecule has 0 amide bonds. The molecular weight excluding hydrogens is 340 g/mol. The molecule has 1 aliphatic carbocycles. The van der Waals surface area contributed by atoms with Crippen LogP contribution in [0.3, 0.4) is 0 Å². The molecule has 0 spiro atoms. The molecule has 2 aromatic heterocycles. The molecular formula is C20H30N6O. The zero-order chi connectivity index (χ0) is 19.0. The van der Waals surface area contributed by atoms with Crippen molar-refractivity contribution in [2.24, 2.45) is 0 Å². The van der Waals surface area contributed by atoms with Gasteiger partial charge in [0, 0.05) is 43.6 Å². The molecule has 0 bridgehead atoms. The highest BCUT2D eigenvalue weighted by Crippen LogP contribution is 2.38. The molecule has 2 fully saturated rings. The van der Waals surface area contributed by atoms with Crippen molar-refractivity contribution in [2.75, 3.05) is 25.1 Å². The molecule has 1 saturated carbocycles. The number of ether oxygens (including phenoxy) is 1. The van der Waals surface area contributed by atoms with E-state index in [1.165, 1.54) is 18.7 Å². The molecule has 0 atom stereocenters. The minimum absolute atomic E-state index is 0.0858. The Balaban J connectivity index is 1.50. The Bertz CT molecular complexity index is 784. The Morgan fingerprint density at radius 2 is 1.85 bits per heavy atom. The third-order valence-electron chi connectivity index (χ3n) is 5.45. The second kappa shape index (κ2) is 7.19. The van der Waals surface area contributed by atoms with Crippen molar-refractivity contribution in [2.45, 2.75) is 70.4 Å². The highest BCUT2D eigenvalue weighted by atomic mass is 16.5. The zero-order valence-electron chi connectivity index (χ0n) is 16.9. The van der Waals surface area contributed by atoms with Crippen molar-refractivity contribution in [3.8, 4) is 0 Å². The fraction of sp³-hybridized carbons (Fsp3) is 0.700. The van der Waals surface area contributed by atoms with Crippen LogP contribution in [0.15, 0.2) is 12.4 Å². The van der Waals surface area contributed by atoms with E-state index < -0.39 is 0 Å². The molecule has 7 heteroatoms. The average Bonchev–Trinajstić information content (AvgIpc) is 3.38. The summed E-state index contributed by atoms with van der Waals surface area (Å²) < 4.78 is 7.62. The third kappa shape index (κ3) is 3.98. The summed E-state index contributed by atoms with van der Waals surface area (Å²) in [5.74, 6) is 3.56. The molecule has 2 aliphatic rings. The first-order chi connectivity index (χ1) is 13.0. The molecule has 0 aromatic carbocycles. The lowest BCUT2D eigenvalue weighted by atomic mass is 9.94. The van der Waals surface area contributed by atoms with Crippen LogP contribution in [0, 0.1) is 0 Å². The Hall–Kier alpha value is -2.02. The van der Waals surface area contributed by atoms with Gasteiger partial charge in [-0.15, -0.1) is 10.2 Å². The summed E-state index contributed by atoms with van der Waals surface area (Å²) in [5, 5.41) is 8.61. The molecule has 0 N–H and O–H groups in total. The van der Waals surface area contributed by atoms with Gasteiger partial charge >= 0.3 is 0 Å². The maximum atomic E-state index is 5.32. The SMILES string of the molecule is COCc1cc(N2CCC(c3nncn3C3CC3)CC2)nc(C(C)(C)C)n1. The Morgan fingerprint density at radius 1 is 1.11 bits per heavy atom. The van der Waals surface area contributed by atoms with Gasteiger partial charge in [-0.1, -0.05) is 20.8 Å². The van der Waals surface area contributed by atoms with Crippen LogP contribution in [-0.2, 0) is 16.8 Å². The van der Waals surface area contributed by atoms with E-state index in [-0.39, 0.29) is 5.41 Å². The van der Waals surface area contributed by atoms with Crippen LogP contribution >= 0.6 is 0 Å². The molecule has 7 nitrogen and oxygen atoms in total. The smallest absolute Gasteiger partial charge is 0.136 e. The number of nitrogens with zero attached hydrogens (tertiary/aromatic N) is 6. The molecule has 1 saturated heterocycles. The van der Waals surface area contributed by atoms with Crippen LogP contribution in [0.25, 0.3) is 0 Å². The van der Waals surface area contributed by atoms with Crippen LogP contribution in [0.5, 0.6) is 0 Å². The highest BCUT2D eigenvalue weighted by Gasteiger charge is 2.31. The fourth-order valence-corrected chi connectivity index (χ4v) is 3.75. The van der Waals surface area contributed by atoms with Crippen LogP contribution in [-0.4, -0.2) is 44.9 Å².